The number of amides is 1. The molecule has 0 bridgehead atoms. The van der Waals surface area contributed by atoms with Crippen LogP contribution in [0.3, 0.4) is 0 Å². The van der Waals surface area contributed by atoms with E-state index in [2.05, 4.69) is 30.1 Å². The SMILES string of the molecule is C/C=C/[C@H]1CC(/C(=C/S)N=C(C)SC2=C(C(=O)O)N3C(=O)C[C@@H]([C@@H](C)O)C3C2)=CCN1. The van der Waals surface area contributed by atoms with E-state index in [9.17, 15) is 19.8 Å². The predicted octanol–water partition coefficient (Wildman–Crippen LogP) is 3.07. The van der Waals surface area contributed by atoms with Crippen molar-refractivity contribution in [2.75, 3.05) is 6.54 Å². The lowest BCUT2D eigenvalue weighted by molar-refractivity contribution is -0.138. The molecule has 168 valence electrons. The number of thiol groups is 1. The van der Waals surface area contributed by atoms with Crippen molar-refractivity contribution in [3.63, 3.8) is 0 Å². The van der Waals surface area contributed by atoms with E-state index >= 15 is 0 Å². The summed E-state index contributed by atoms with van der Waals surface area (Å²) in [6, 6.07) is -0.0781. The zero-order valence-electron chi connectivity index (χ0n) is 17.9. The van der Waals surface area contributed by atoms with Crippen molar-refractivity contribution >= 4 is 41.3 Å². The molecule has 7 nitrogen and oxygen atoms in total. The number of thioether (sulfide) groups is 1. The first-order valence-electron chi connectivity index (χ1n) is 10.4. The van der Waals surface area contributed by atoms with Gasteiger partial charge >= 0.3 is 5.97 Å². The summed E-state index contributed by atoms with van der Waals surface area (Å²) in [5, 5.41) is 25.6. The van der Waals surface area contributed by atoms with E-state index in [1.165, 1.54) is 16.7 Å². The van der Waals surface area contributed by atoms with Crippen molar-refractivity contribution in [1.82, 2.24) is 10.2 Å². The highest BCUT2D eigenvalue weighted by atomic mass is 32.2. The van der Waals surface area contributed by atoms with Crippen LogP contribution in [0, 0.1) is 5.92 Å². The molecular formula is C22H29N3O4S2. The third-order valence-corrected chi connectivity index (χ3v) is 7.06. The second-order valence-corrected chi connectivity index (χ2v) is 9.49. The van der Waals surface area contributed by atoms with Gasteiger partial charge in [0.1, 0.15) is 5.70 Å². The summed E-state index contributed by atoms with van der Waals surface area (Å²) in [6.45, 7) is 6.21. The number of aliphatic hydroxyl groups excluding tert-OH is 1. The number of carboxylic acid groups (broad SMARTS) is 1. The molecule has 1 unspecified atom stereocenters. The minimum atomic E-state index is -1.13. The maximum atomic E-state index is 12.5. The van der Waals surface area contributed by atoms with Gasteiger partial charge in [-0.3, -0.25) is 4.79 Å². The highest BCUT2D eigenvalue weighted by molar-refractivity contribution is 8.17. The van der Waals surface area contributed by atoms with Crippen LogP contribution < -0.4 is 5.32 Å². The number of allylic oxidation sites excluding steroid dienone is 2. The van der Waals surface area contributed by atoms with Crippen molar-refractivity contribution in [3.8, 4) is 0 Å². The van der Waals surface area contributed by atoms with Crippen LogP contribution in [0.2, 0.25) is 0 Å². The molecule has 3 heterocycles. The predicted molar refractivity (Wildman–Crippen MR) is 127 cm³/mol. The fourth-order valence-electron chi connectivity index (χ4n) is 4.43. The number of rotatable bonds is 6. The zero-order chi connectivity index (χ0) is 22.7. The van der Waals surface area contributed by atoms with Crippen LogP contribution in [-0.2, 0) is 9.59 Å². The van der Waals surface area contributed by atoms with Crippen LogP contribution in [0.15, 0.2) is 50.5 Å². The van der Waals surface area contributed by atoms with E-state index < -0.39 is 12.1 Å². The number of nitrogens with zero attached hydrogens (tertiary/aromatic N) is 2. The Morgan fingerprint density at radius 1 is 1.42 bits per heavy atom. The third kappa shape index (κ3) is 5.16. The third-order valence-electron chi connectivity index (χ3n) is 5.82. The van der Waals surface area contributed by atoms with Crippen molar-refractivity contribution < 1.29 is 19.8 Å². The monoisotopic (exact) mass is 463 g/mol. The first kappa shape index (κ1) is 23.8. The van der Waals surface area contributed by atoms with Crippen molar-refractivity contribution in [2.45, 2.75) is 58.2 Å². The number of hydrogen-bond acceptors (Lipinski definition) is 7. The van der Waals surface area contributed by atoms with E-state index in [1.54, 1.807) is 12.3 Å². The summed E-state index contributed by atoms with van der Waals surface area (Å²) in [7, 11) is 0. The van der Waals surface area contributed by atoms with Crippen molar-refractivity contribution in [3.05, 3.63) is 45.5 Å². The Labute approximate surface area is 192 Å². The summed E-state index contributed by atoms with van der Waals surface area (Å²) < 4.78 is 0. The van der Waals surface area contributed by atoms with Gasteiger partial charge < -0.3 is 20.4 Å². The minimum Gasteiger partial charge on any atom is -0.477 e. The molecule has 4 atom stereocenters. The molecule has 1 fully saturated rings. The van der Waals surface area contributed by atoms with E-state index in [1.807, 2.05) is 19.9 Å². The van der Waals surface area contributed by atoms with Gasteiger partial charge in [0.15, 0.2) is 0 Å². The van der Waals surface area contributed by atoms with Gasteiger partial charge in [-0.15, -0.1) is 12.6 Å². The van der Waals surface area contributed by atoms with Crippen molar-refractivity contribution in [1.29, 1.82) is 0 Å². The van der Waals surface area contributed by atoms with Gasteiger partial charge in [0.2, 0.25) is 5.91 Å². The zero-order valence-corrected chi connectivity index (χ0v) is 19.6. The standard InChI is InChI=1S/C22H29N3O4S2/c1-4-5-15-8-14(6-7-23-15)17(11-30)24-13(3)31-19-10-18-16(12(2)26)9-20(27)25(18)21(19)22(28)29/h4-6,11-12,15-16,18,23,26,30H,7-10H2,1-3H3,(H,28,29)/b5-4+,17-11-,24-13?/t12-,15+,16+,18?/m1/s1. The van der Waals surface area contributed by atoms with Crippen LogP contribution >= 0.6 is 24.4 Å². The molecule has 3 aliphatic heterocycles. The summed E-state index contributed by atoms with van der Waals surface area (Å²) in [5.41, 5.74) is 1.85. The summed E-state index contributed by atoms with van der Waals surface area (Å²) >= 11 is 5.61. The number of hydrogen-bond donors (Lipinski definition) is 4. The smallest absolute Gasteiger partial charge is 0.353 e. The van der Waals surface area contributed by atoms with Gasteiger partial charge in [0, 0.05) is 42.3 Å². The van der Waals surface area contributed by atoms with Gasteiger partial charge in [-0.1, -0.05) is 30.0 Å². The fourth-order valence-corrected chi connectivity index (χ4v) is 5.69. The first-order chi connectivity index (χ1) is 14.8. The Kier molecular flexibility index (Phi) is 7.85. The number of carboxylic acids is 1. The lowest BCUT2D eigenvalue weighted by Gasteiger charge is -2.23. The maximum absolute atomic E-state index is 12.5. The quantitative estimate of drug-likeness (QED) is 0.209. The van der Waals surface area contributed by atoms with Crippen LogP contribution in [0.25, 0.3) is 0 Å². The molecule has 0 aliphatic carbocycles. The molecule has 1 amide bonds. The Balaban J connectivity index is 1.81. The number of aliphatic carboxylic acids is 1. The number of carbonyl (C=O) groups is 2. The molecule has 9 heteroatoms. The van der Waals surface area contributed by atoms with Crippen LogP contribution in [0.4, 0.5) is 0 Å². The van der Waals surface area contributed by atoms with Gasteiger partial charge in [0.25, 0.3) is 0 Å². The normalized spacial score (nSPS) is 28.4. The summed E-state index contributed by atoms with van der Waals surface area (Å²) in [5.74, 6) is -1.64. The lowest BCUT2D eigenvalue weighted by atomic mass is 9.93. The molecule has 1 saturated heterocycles. The van der Waals surface area contributed by atoms with Crippen LogP contribution in [-0.4, -0.2) is 56.8 Å². The number of carbonyl (C=O) groups excluding carboxylic acids is 1. The van der Waals surface area contributed by atoms with Crippen molar-refractivity contribution in [2.24, 2.45) is 10.9 Å². The minimum absolute atomic E-state index is 0.0170. The molecule has 0 radical (unpaired) electrons. The Bertz CT molecular complexity index is 904. The van der Waals surface area contributed by atoms with E-state index in [0.29, 0.717) is 16.4 Å². The molecular weight excluding hydrogens is 434 g/mol. The number of aliphatic hydroxyl groups is 1. The molecule has 3 rings (SSSR count). The number of nitrogens with one attached hydrogen (secondary N) is 1. The molecule has 0 saturated carbocycles. The summed E-state index contributed by atoms with van der Waals surface area (Å²) in [6.07, 6.45) is 6.92. The highest BCUT2D eigenvalue weighted by Crippen LogP contribution is 2.45. The molecule has 31 heavy (non-hydrogen) atoms. The molecule has 3 N–H and O–H groups in total. The fraction of sp³-hybridized carbons (Fsp3) is 0.500. The second-order valence-electron chi connectivity index (χ2n) is 7.94. The Hall–Kier alpha value is -1.81. The van der Waals surface area contributed by atoms with E-state index in [4.69, 9.17) is 4.99 Å². The van der Waals surface area contributed by atoms with Crippen LogP contribution in [0.5, 0.6) is 0 Å². The molecule has 0 spiro atoms. The molecule has 0 aromatic carbocycles. The first-order valence-corrected chi connectivity index (χ1v) is 11.7. The maximum Gasteiger partial charge on any atom is 0.353 e. The lowest BCUT2D eigenvalue weighted by Crippen LogP contribution is -2.35. The largest absolute Gasteiger partial charge is 0.477 e. The number of fused-ring (bicyclic) bond motifs is 1. The van der Waals surface area contributed by atoms with Crippen LogP contribution in [0.1, 0.15) is 40.0 Å². The van der Waals surface area contributed by atoms with Gasteiger partial charge in [0.05, 0.1) is 16.8 Å². The second kappa shape index (κ2) is 10.2. The highest BCUT2D eigenvalue weighted by Gasteiger charge is 2.50. The number of aliphatic imine (C=N–C) groups is 1. The Morgan fingerprint density at radius 3 is 2.77 bits per heavy atom. The average molecular weight is 464 g/mol. The van der Waals surface area contributed by atoms with E-state index in [0.717, 1.165) is 24.2 Å². The molecule has 0 aromatic heterocycles. The summed E-state index contributed by atoms with van der Waals surface area (Å²) in [4.78, 5) is 31.1. The molecule has 0 aromatic rings. The van der Waals surface area contributed by atoms with Gasteiger partial charge in [-0.25, -0.2) is 9.79 Å². The average Bonchev–Trinajstić information content (AvgIpc) is 3.23. The topological polar surface area (TPSA) is 102 Å². The van der Waals surface area contributed by atoms with E-state index in [-0.39, 0.29) is 36.0 Å². The Morgan fingerprint density at radius 2 is 2.16 bits per heavy atom. The van der Waals surface area contributed by atoms with Gasteiger partial charge in [-0.05, 0) is 38.2 Å². The molecule has 3 aliphatic rings. The van der Waals surface area contributed by atoms with Gasteiger partial charge in [-0.2, -0.15) is 0 Å².